The second-order valence-electron chi connectivity index (χ2n) is 6.14. The van der Waals surface area contributed by atoms with E-state index in [4.69, 9.17) is 9.72 Å². The van der Waals surface area contributed by atoms with Gasteiger partial charge in [-0.2, -0.15) is 0 Å². The van der Waals surface area contributed by atoms with E-state index >= 15 is 0 Å². The fourth-order valence-electron chi connectivity index (χ4n) is 2.75. The van der Waals surface area contributed by atoms with Crippen LogP contribution < -0.4 is 15.0 Å². The van der Waals surface area contributed by atoms with Crippen LogP contribution in [0.25, 0.3) is 10.2 Å². The molecule has 2 aromatic rings. The first kappa shape index (κ1) is 13.8. The number of fused-ring (bicyclic) bond motifs is 1. The molecule has 1 N–H and O–H groups in total. The maximum Gasteiger partial charge on any atom is 0.226 e. The number of aromatic nitrogens is 1. The highest BCUT2D eigenvalue weighted by Crippen LogP contribution is 2.38. The van der Waals surface area contributed by atoms with E-state index in [2.05, 4.69) is 23.2 Å². The lowest BCUT2D eigenvalue weighted by Crippen LogP contribution is -2.54. The van der Waals surface area contributed by atoms with Crippen LogP contribution in [0.4, 0.5) is 5.13 Å². The van der Waals surface area contributed by atoms with Crippen molar-refractivity contribution in [3.8, 4) is 5.75 Å². The molecule has 1 amide bonds. The van der Waals surface area contributed by atoms with Crippen molar-refractivity contribution in [1.29, 1.82) is 0 Å². The van der Waals surface area contributed by atoms with Crippen LogP contribution in [0.3, 0.4) is 0 Å². The Morgan fingerprint density at radius 2 is 2.18 bits per heavy atom. The Bertz CT molecular complexity index is 732. The number of aryl methyl sites for hydroxylation is 1. The van der Waals surface area contributed by atoms with E-state index in [-0.39, 0.29) is 11.8 Å². The van der Waals surface area contributed by atoms with Crippen molar-refractivity contribution in [2.24, 2.45) is 5.92 Å². The Morgan fingerprint density at radius 1 is 1.41 bits per heavy atom. The van der Waals surface area contributed by atoms with E-state index in [1.165, 1.54) is 10.3 Å². The molecule has 1 aromatic heterocycles. The van der Waals surface area contributed by atoms with Gasteiger partial charge >= 0.3 is 0 Å². The summed E-state index contributed by atoms with van der Waals surface area (Å²) in [5.74, 6) is 1.12. The largest absolute Gasteiger partial charge is 0.494 e. The number of methoxy groups -OCH3 is 1. The predicted molar refractivity (Wildman–Crippen MR) is 87.8 cm³/mol. The van der Waals surface area contributed by atoms with Crippen molar-refractivity contribution >= 4 is 32.6 Å². The van der Waals surface area contributed by atoms with Crippen LogP contribution in [-0.4, -0.2) is 37.1 Å². The number of hydrogen-bond acceptors (Lipinski definition) is 5. The highest BCUT2D eigenvalue weighted by Gasteiger charge is 2.36. The third kappa shape index (κ3) is 2.31. The Hall–Kier alpha value is -1.82. The first-order valence-electron chi connectivity index (χ1n) is 7.65. The number of amides is 1. The summed E-state index contributed by atoms with van der Waals surface area (Å²) in [6.45, 7) is 3.62. The van der Waals surface area contributed by atoms with Crippen molar-refractivity contribution in [2.45, 2.75) is 25.8 Å². The number of carbonyl (C=O) groups excluding carboxylic acids is 1. The lowest BCUT2D eigenvalue weighted by atomic mass is 10.00. The second kappa shape index (κ2) is 5.12. The molecule has 0 bridgehead atoms. The second-order valence-corrected chi connectivity index (χ2v) is 7.12. The number of hydrogen-bond donors (Lipinski definition) is 1. The van der Waals surface area contributed by atoms with Crippen molar-refractivity contribution in [2.75, 3.05) is 25.1 Å². The molecule has 2 heterocycles. The summed E-state index contributed by atoms with van der Waals surface area (Å²) in [4.78, 5) is 18.9. The molecule has 1 aliphatic carbocycles. The van der Waals surface area contributed by atoms with Crippen LogP contribution in [0.5, 0.6) is 5.75 Å². The minimum Gasteiger partial charge on any atom is -0.494 e. The number of ether oxygens (including phenoxy) is 1. The van der Waals surface area contributed by atoms with Gasteiger partial charge in [0.25, 0.3) is 0 Å². The smallest absolute Gasteiger partial charge is 0.226 e. The van der Waals surface area contributed by atoms with E-state index < -0.39 is 0 Å². The first-order valence-corrected chi connectivity index (χ1v) is 8.47. The molecule has 22 heavy (non-hydrogen) atoms. The fourth-order valence-corrected chi connectivity index (χ4v) is 3.82. The third-order valence-corrected chi connectivity index (χ3v) is 5.61. The van der Waals surface area contributed by atoms with Gasteiger partial charge in [-0.1, -0.05) is 17.4 Å². The monoisotopic (exact) mass is 317 g/mol. The fraction of sp³-hybridized carbons (Fsp3) is 0.500. The number of nitrogens with one attached hydrogen (secondary N) is 1. The van der Waals surface area contributed by atoms with E-state index in [1.807, 2.05) is 6.07 Å². The number of thiazole rings is 1. The quantitative estimate of drug-likeness (QED) is 0.940. The van der Waals surface area contributed by atoms with Crippen molar-refractivity contribution in [1.82, 2.24) is 10.3 Å². The summed E-state index contributed by atoms with van der Waals surface area (Å²) < 4.78 is 6.57. The van der Waals surface area contributed by atoms with Gasteiger partial charge in [0.15, 0.2) is 5.13 Å². The summed E-state index contributed by atoms with van der Waals surface area (Å²) in [6.07, 6.45) is 2.28. The lowest BCUT2D eigenvalue weighted by Gasteiger charge is -2.38. The number of nitrogens with zero attached hydrogens (tertiary/aromatic N) is 2. The molecular formula is C16H19N3O2S. The molecule has 2 aliphatic rings. The minimum absolute atomic E-state index is 0.107. The molecule has 0 unspecified atom stereocenters. The Morgan fingerprint density at radius 3 is 2.86 bits per heavy atom. The van der Waals surface area contributed by atoms with Crippen LogP contribution >= 0.6 is 11.3 Å². The van der Waals surface area contributed by atoms with E-state index in [9.17, 15) is 4.79 Å². The summed E-state index contributed by atoms with van der Waals surface area (Å²) in [5, 5.41) is 4.06. The maximum atomic E-state index is 12.0. The first-order chi connectivity index (χ1) is 10.7. The molecule has 5 nitrogen and oxygen atoms in total. The molecule has 6 heteroatoms. The van der Waals surface area contributed by atoms with Crippen molar-refractivity contribution < 1.29 is 9.53 Å². The van der Waals surface area contributed by atoms with Crippen LogP contribution in [0.1, 0.15) is 18.4 Å². The summed E-state index contributed by atoms with van der Waals surface area (Å²) >= 11 is 1.68. The van der Waals surface area contributed by atoms with Gasteiger partial charge in [-0.05, 0) is 31.4 Å². The third-order valence-electron chi connectivity index (χ3n) is 4.36. The predicted octanol–water partition coefficient (Wildman–Crippen LogP) is 2.33. The van der Waals surface area contributed by atoms with Gasteiger partial charge < -0.3 is 15.0 Å². The standard InChI is InChI=1S/C16H19N3O2S/c1-9-3-6-12(21-2)13-14(9)22-16(18-13)19-7-10(8-19)15(20)17-11-4-5-11/h3,6,10-11H,4-5,7-8H2,1-2H3,(H,17,20). The Labute approximate surface area is 133 Å². The summed E-state index contributed by atoms with van der Waals surface area (Å²) in [7, 11) is 1.67. The van der Waals surface area contributed by atoms with Crippen LogP contribution in [0, 0.1) is 12.8 Å². The Kier molecular flexibility index (Phi) is 3.22. The molecule has 1 aliphatic heterocycles. The average molecular weight is 317 g/mol. The molecule has 116 valence electrons. The highest BCUT2D eigenvalue weighted by atomic mass is 32.1. The van der Waals surface area contributed by atoms with Crippen LogP contribution in [0.15, 0.2) is 12.1 Å². The normalized spacial score (nSPS) is 18.4. The van der Waals surface area contributed by atoms with E-state index in [0.717, 1.165) is 42.3 Å². The minimum atomic E-state index is 0.107. The van der Waals surface area contributed by atoms with Gasteiger partial charge in [0.2, 0.25) is 5.91 Å². The van der Waals surface area contributed by atoms with Gasteiger partial charge in [-0.25, -0.2) is 4.98 Å². The molecule has 0 spiro atoms. The van der Waals surface area contributed by atoms with Gasteiger partial charge in [-0.15, -0.1) is 0 Å². The number of benzene rings is 1. The van der Waals surface area contributed by atoms with Crippen LogP contribution in [0.2, 0.25) is 0 Å². The van der Waals surface area contributed by atoms with E-state index in [0.29, 0.717) is 6.04 Å². The molecule has 2 fully saturated rings. The molecular weight excluding hydrogens is 298 g/mol. The molecule has 1 saturated carbocycles. The van der Waals surface area contributed by atoms with E-state index in [1.54, 1.807) is 18.4 Å². The number of rotatable bonds is 4. The lowest BCUT2D eigenvalue weighted by molar-refractivity contribution is -0.125. The zero-order valence-corrected chi connectivity index (χ0v) is 13.6. The zero-order valence-electron chi connectivity index (χ0n) is 12.8. The molecule has 0 radical (unpaired) electrons. The maximum absolute atomic E-state index is 12.0. The van der Waals surface area contributed by atoms with Gasteiger partial charge in [0, 0.05) is 19.1 Å². The summed E-state index contributed by atoms with van der Waals surface area (Å²) in [6, 6.07) is 4.46. The average Bonchev–Trinajstić information content (AvgIpc) is 3.14. The molecule has 1 aromatic carbocycles. The molecule has 0 atom stereocenters. The zero-order chi connectivity index (χ0) is 15.3. The van der Waals surface area contributed by atoms with Crippen molar-refractivity contribution in [3.05, 3.63) is 17.7 Å². The molecule has 1 saturated heterocycles. The SMILES string of the molecule is COc1ccc(C)c2sc(N3CC(C(=O)NC4CC4)C3)nc12. The van der Waals surface area contributed by atoms with Crippen molar-refractivity contribution in [3.63, 3.8) is 0 Å². The highest BCUT2D eigenvalue weighted by molar-refractivity contribution is 7.22. The van der Waals surface area contributed by atoms with Gasteiger partial charge in [-0.3, -0.25) is 4.79 Å². The summed E-state index contributed by atoms with van der Waals surface area (Å²) in [5.41, 5.74) is 2.14. The number of carbonyl (C=O) groups is 1. The van der Waals surface area contributed by atoms with Gasteiger partial charge in [0.05, 0.1) is 17.7 Å². The number of anilines is 1. The Balaban J connectivity index is 1.51. The van der Waals surface area contributed by atoms with Gasteiger partial charge in [0.1, 0.15) is 11.3 Å². The molecule has 4 rings (SSSR count). The van der Waals surface area contributed by atoms with Crippen LogP contribution in [-0.2, 0) is 4.79 Å². The topological polar surface area (TPSA) is 54.5 Å².